The van der Waals surface area contributed by atoms with Gasteiger partial charge < -0.3 is 14.2 Å². The van der Waals surface area contributed by atoms with Crippen LogP contribution in [0.1, 0.15) is 38.2 Å². The van der Waals surface area contributed by atoms with Gasteiger partial charge in [-0.15, -0.1) is 0 Å². The van der Waals surface area contributed by atoms with E-state index in [1.807, 2.05) is 37.3 Å². The summed E-state index contributed by atoms with van der Waals surface area (Å²) in [6.07, 6.45) is -4.36. The Morgan fingerprint density at radius 2 is 1.88 bits per heavy atom. The summed E-state index contributed by atoms with van der Waals surface area (Å²) in [4.78, 5) is 11.1. The number of alkyl halides is 3. The fraction of sp³-hybridized carbons (Fsp3) is 0.611. The van der Waals surface area contributed by atoms with Crippen molar-refractivity contribution in [2.24, 2.45) is 0 Å². The van der Waals surface area contributed by atoms with Crippen LogP contribution in [0.25, 0.3) is 0 Å². The van der Waals surface area contributed by atoms with E-state index < -0.39 is 18.2 Å². The van der Waals surface area contributed by atoms with Crippen LogP contribution in [0.2, 0.25) is 0 Å². The first-order valence-electron chi connectivity index (χ1n) is 8.43. The molecule has 1 heterocycles. The molecule has 1 aliphatic rings. The summed E-state index contributed by atoms with van der Waals surface area (Å²) in [5, 5.41) is 0. The molecule has 1 aromatic carbocycles. The van der Waals surface area contributed by atoms with Gasteiger partial charge in [0.1, 0.15) is 6.10 Å². The van der Waals surface area contributed by atoms with Gasteiger partial charge in [0, 0.05) is 12.8 Å². The van der Waals surface area contributed by atoms with Crippen LogP contribution >= 0.6 is 0 Å². The molecule has 2 rings (SSSR count). The molecule has 0 N–H and O–H groups in total. The number of hydrogen-bond donors (Lipinski definition) is 0. The lowest BCUT2D eigenvalue weighted by Gasteiger charge is -2.35. The van der Waals surface area contributed by atoms with E-state index in [9.17, 15) is 18.0 Å². The zero-order valence-electron chi connectivity index (χ0n) is 14.1. The molecule has 25 heavy (non-hydrogen) atoms. The summed E-state index contributed by atoms with van der Waals surface area (Å²) >= 11 is 0. The topological polar surface area (TPSA) is 44.8 Å². The molecule has 0 unspecified atom stereocenters. The minimum atomic E-state index is -4.97. The fourth-order valence-corrected chi connectivity index (χ4v) is 2.88. The summed E-state index contributed by atoms with van der Waals surface area (Å²) in [6.45, 7) is 2.61. The molecule has 0 amide bonds. The third-order valence-corrected chi connectivity index (χ3v) is 3.97. The molecule has 4 nitrogen and oxygen atoms in total. The number of ether oxygens (including phenoxy) is 3. The minimum absolute atomic E-state index is 0.205. The maximum Gasteiger partial charge on any atom is 0.490 e. The van der Waals surface area contributed by atoms with Crippen molar-refractivity contribution in [2.75, 3.05) is 6.61 Å². The Morgan fingerprint density at radius 1 is 1.20 bits per heavy atom. The molecule has 1 aliphatic heterocycles. The number of esters is 1. The largest absolute Gasteiger partial charge is 0.490 e. The lowest BCUT2D eigenvalue weighted by Crippen LogP contribution is -2.42. The minimum Gasteiger partial charge on any atom is -0.456 e. The first kappa shape index (κ1) is 19.7. The molecule has 1 fully saturated rings. The molecule has 0 aromatic heterocycles. The Morgan fingerprint density at radius 3 is 2.52 bits per heavy atom. The van der Waals surface area contributed by atoms with Gasteiger partial charge in [-0.25, -0.2) is 4.79 Å². The molecule has 7 heteroatoms. The van der Waals surface area contributed by atoms with Gasteiger partial charge >= 0.3 is 12.1 Å². The standard InChI is InChI=1S/C18H23F3O4/c1-2-6-14-9-15(25-17(22)18(19,20)21)10-16(24-14)12-23-11-13-7-4-3-5-8-13/h3-5,7-8,14-16H,2,6,9-12H2,1H3/t14-,15+,16-/m0/s1. The Bertz CT molecular complexity index is 533. The molecule has 1 saturated heterocycles. The second-order valence-corrected chi connectivity index (χ2v) is 6.17. The maximum absolute atomic E-state index is 12.4. The van der Waals surface area contributed by atoms with E-state index in [1.165, 1.54) is 0 Å². The molecule has 3 atom stereocenters. The Balaban J connectivity index is 1.87. The highest BCUT2D eigenvalue weighted by molar-refractivity contribution is 5.75. The highest BCUT2D eigenvalue weighted by Crippen LogP contribution is 2.28. The molecule has 1 aromatic rings. The van der Waals surface area contributed by atoms with E-state index in [1.54, 1.807) is 0 Å². The first-order valence-corrected chi connectivity index (χ1v) is 8.43. The van der Waals surface area contributed by atoms with Gasteiger partial charge in [-0.05, 0) is 12.0 Å². The predicted molar refractivity (Wildman–Crippen MR) is 84.8 cm³/mol. The highest BCUT2D eigenvalue weighted by atomic mass is 19.4. The average molecular weight is 360 g/mol. The number of halogens is 3. The van der Waals surface area contributed by atoms with Crippen LogP contribution in [-0.2, 0) is 25.6 Å². The van der Waals surface area contributed by atoms with E-state index in [4.69, 9.17) is 9.47 Å². The van der Waals surface area contributed by atoms with Crippen LogP contribution in [-0.4, -0.2) is 37.1 Å². The van der Waals surface area contributed by atoms with Crippen molar-refractivity contribution in [1.29, 1.82) is 0 Å². The predicted octanol–water partition coefficient (Wildman–Crippen LogP) is 4.03. The number of hydrogen-bond acceptors (Lipinski definition) is 4. The number of carbonyl (C=O) groups excluding carboxylic acids is 1. The van der Waals surface area contributed by atoms with Crippen LogP contribution in [0, 0.1) is 0 Å². The van der Waals surface area contributed by atoms with E-state index >= 15 is 0 Å². The normalized spacial score (nSPS) is 24.1. The SMILES string of the molecule is CCC[C@H]1C[C@@H](OC(=O)C(F)(F)F)C[C@@H](COCc2ccccc2)O1. The Labute approximate surface area is 145 Å². The highest BCUT2D eigenvalue weighted by Gasteiger charge is 2.43. The van der Waals surface area contributed by atoms with E-state index in [0.717, 1.165) is 12.0 Å². The second-order valence-electron chi connectivity index (χ2n) is 6.17. The number of carbonyl (C=O) groups is 1. The van der Waals surface area contributed by atoms with Crippen molar-refractivity contribution in [2.45, 2.75) is 63.7 Å². The van der Waals surface area contributed by atoms with Crippen molar-refractivity contribution < 1.29 is 32.2 Å². The first-order chi connectivity index (χ1) is 11.9. The summed E-state index contributed by atoms with van der Waals surface area (Å²) in [5.41, 5.74) is 1.00. The molecule has 140 valence electrons. The van der Waals surface area contributed by atoms with Crippen LogP contribution in [0.5, 0.6) is 0 Å². The van der Waals surface area contributed by atoms with Crippen molar-refractivity contribution in [3.63, 3.8) is 0 Å². The van der Waals surface area contributed by atoms with Crippen LogP contribution in [0.3, 0.4) is 0 Å². The zero-order chi connectivity index (χ0) is 18.3. The lowest BCUT2D eigenvalue weighted by molar-refractivity contribution is -0.213. The number of benzene rings is 1. The lowest BCUT2D eigenvalue weighted by atomic mass is 9.98. The van der Waals surface area contributed by atoms with Gasteiger partial charge in [-0.2, -0.15) is 13.2 Å². The van der Waals surface area contributed by atoms with Crippen molar-refractivity contribution in [3.05, 3.63) is 35.9 Å². The molecular formula is C18H23F3O4. The van der Waals surface area contributed by atoms with Gasteiger partial charge in [0.25, 0.3) is 0 Å². The van der Waals surface area contributed by atoms with Gasteiger partial charge in [-0.1, -0.05) is 43.7 Å². The summed E-state index contributed by atoms with van der Waals surface area (Å²) in [5.74, 6) is -2.14. The van der Waals surface area contributed by atoms with Gasteiger partial charge in [-0.3, -0.25) is 0 Å². The van der Waals surface area contributed by atoms with Gasteiger partial charge in [0.2, 0.25) is 0 Å². The summed E-state index contributed by atoms with van der Waals surface area (Å²) in [6, 6.07) is 9.56. The van der Waals surface area contributed by atoms with Crippen LogP contribution < -0.4 is 0 Å². The molecule has 0 bridgehead atoms. The van der Waals surface area contributed by atoms with Crippen molar-refractivity contribution in [1.82, 2.24) is 0 Å². The van der Waals surface area contributed by atoms with Crippen LogP contribution in [0.4, 0.5) is 13.2 Å². The molecular weight excluding hydrogens is 337 g/mol. The molecule has 0 spiro atoms. The summed E-state index contributed by atoms with van der Waals surface area (Å²) in [7, 11) is 0. The molecule has 0 radical (unpaired) electrons. The average Bonchev–Trinajstić information content (AvgIpc) is 2.55. The monoisotopic (exact) mass is 360 g/mol. The smallest absolute Gasteiger partial charge is 0.456 e. The second kappa shape index (κ2) is 9.20. The van der Waals surface area contributed by atoms with Gasteiger partial charge in [0.05, 0.1) is 25.4 Å². The van der Waals surface area contributed by atoms with Gasteiger partial charge in [0.15, 0.2) is 0 Å². The third kappa shape index (κ3) is 6.66. The van der Waals surface area contributed by atoms with E-state index in [2.05, 4.69) is 4.74 Å². The maximum atomic E-state index is 12.4. The molecule has 0 saturated carbocycles. The van der Waals surface area contributed by atoms with Crippen molar-refractivity contribution >= 4 is 5.97 Å². The third-order valence-electron chi connectivity index (χ3n) is 3.97. The Hall–Kier alpha value is -1.60. The quantitative estimate of drug-likeness (QED) is 0.689. The molecule has 0 aliphatic carbocycles. The Kier molecular flexibility index (Phi) is 7.25. The van der Waals surface area contributed by atoms with Crippen LogP contribution in [0.15, 0.2) is 30.3 Å². The van der Waals surface area contributed by atoms with E-state index in [0.29, 0.717) is 13.0 Å². The van der Waals surface area contributed by atoms with Crippen molar-refractivity contribution in [3.8, 4) is 0 Å². The fourth-order valence-electron chi connectivity index (χ4n) is 2.88. The number of rotatable bonds is 7. The zero-order valence-corrected chi connectivity index (χ0v) is 14.1. The van der Waals surface area contributed by atoms with E-state index in [-0.39, 0.29) is 31.7 Å². The summed E-state index contributed by atoms with van der Waals surface area (Å²) < 4.78 is 53.3.